The van der Waals surface area contributed by atoms with E-state index in [0.717, 1.165) is 81.1 Å². The molecular formula is C26H21FN8OS. The van der Waals surface area contributed by atoms with Crippen LogP contribution in [0, 0.1) is 5.13 Å². The number of rotatable bonds is 5. The SMILES string of the molecule is Fc1ccc(-c2cncc3[nH]c(-c4n[nH]c5cnc(-c6cncc(OC7CCNCC7)c6)cc45)nc23)s1. The average Bonchev–Trinajstić information content (AvgIpc) is 3.66. The number of pyridine rings is 3. The van der Waals surface area contributed by atoms with Gasteiger partial charge in [-0.3, -0.25) is 20.1 Å². The van der Waals surface area contributed by atoms with E-state index in [9.17, 15) is 4.39 Å². The molecule has 0 bridgehead atoms. The van der Waals surface area contributed by atoms with Gasteiger partial charge in [0.1, 0.15) is 23.1 Å². The molecule has 0 unspecified atom stereocenters. The van der Waals surface area contributed by atoms with Crippen LogP contribution >= 0.6 is 11.3 Å². The molecule has 0 amide bonds. The summed E-state index contributed by atoms with van der Waals surface area (Å²) < 4.78 is 19.8. The monoisotopic (exact) mass is 512 g/mol. The number of halogens is 1. The maximum atomic E-state index is 13.7. The van der Waals surface area contributed by atoms with Gasteiger partial charge in [-0.25, -0.2) is 4.98 Å². The highest BCUT2D eigenvalue weighted by Gasteiger charge is 2.18. The van der Waals surface area contributed by atoms with E-state index in [1.165, 1.54) is 6.07 Å². The largest absolute Gasteiger partial charge is 0.489 e. The van der Waals surface area contributed by atoms with Gasteiger partial charge in [-0.15, -0.1) is 11.3 Å². The number of aromatic amines is 2. The first-order chi connectivity index (χ1) is 18.2. The van der Waals surface area contributed by atoms with Crippen LogP contribution in [-0.4, -0.2) is 54.3 Å². The summed E-state index contributed by atoms with van der Waals surface area (Å²) in [5, 5.41) is 11.5. The summed E-state index contributed by atoms with van der Waals surface area (Å²) in [6.07, 6.45) is 10.8. The minimum Gasteiger partial charge on any atom is -0.489 e. The molecule has 1 aliphatic rings. The van der Waals surface area contributed by atoms with Crippen LogP contribution in [0.5, 0.6) is 5.75 Å². The van der Waals surface area contributed by atoms with Crippen molar-refractivity contribution in [2.75, 3.05) is 13.1 Å². The van der Waals surface area contributed by atoms with Crippen molar-refractivity contribution in [1.82, 2.24) is 40.4 Å². The summed E-state index contributed by atoms with van der Waals surface area (Å²) in [6, 6.07) is 7.13. The summed E-state index contributed by atoms with van der Waals surface area (Å²) >= 11 is 1.07. The summed E-state index contributed by atoms with van der Waals surface area (Å²) in [5.74, 6) is 1.33. The topological polar surface area (TPSA) is 117 Å². The van der Waals surface area contributed by atoms with Gasteiger partial charge in [0.2, 0.25) is 0 Å². The Bertz CT molecular complexity index is 1740. The Kier molecular flexibility index (Phi) is 5.37. The lowest BCUT2D eigenvalue weighted by Crippen LogP contribution is -2.34. The molecule has 0 saturated carbocycles. The van der Waals surface area contributed by atoms with Crippen LogP contribution in [0.4, 0.5) is 4.39 Å². The first-order valence-corrected chi connectivity index (χ1v) is 12.8. The smallest absolute Gasteiger partial charge is 0.176 e. The molecule has 1 saturated heterocycles. The van der Waals surface area contributed by atoms with Crippen LogP contribution in [0.25, 0.3) is 55.2 Å². The van der Waals surface area contributed by atoms with Crippen molar-refractivity contribution in [1.29, 1.82) is 0 Å². The number of nitrogens with one attached hydrogen (secondary N) is 3. The Hall–Kier alpha value is -4.22. The highest BCUT2D eigenvalue weighted by Crippen LogP contribution is 2.34. The molecule has 11 heteroatoms. The maximum absolute atomic E-state index is 13.7. The van der Waals surface area contributed by atoms with E-state index in [0.29, 0.717) is 17.0 Å². The third-order valence-electron chi connectivity index (χ3n) is 6.50. The maximum Gasteiger partial charge on any atom is 0.176 e. The van der Waals surface area contributed by atoms with Gasteiger partial charge in [0.05, 0.1) is 35.3 Å². The lowest BCUT2D eigenvalue weighted by Gasteiger charge is -2.23. The van der Waals surface area contributed by atoms with E-state index in [-0.39, 0.29) is 11.2 Å². The number of ether oxygens (including phenoxy) is 1. The number of imidazole rings is 1. The molecule has 6 aromatic heterocycles. The van der Waals surface area contributed by atoms with Crippen molar-refractivity contribution in [3.63, 3.8) is 0 Å². The Morgan fingerprint density at radius 3 is 2.73 bits per heavy atom. The van der Waals surface area contributed by atoms with Crippen LogP contribution < -0.4 is 10.1 Å². The third-order valence-corrected chi connectivity index (χ3v) is 7.41. The van der Waals surface area contributed by atoms with Crippen molar-refractivity contribution in [3.8, 4) is 39.0 Å². The molecule has 1 fully saturated rings. The second-order valence-corrected chi connectivity index (χ2v) is 9.97. The van der Waals surface area contributed by atoms with Gasteiger partial charge in [-0.1, -0.05) is 0 Å². The van der Waals surface area contributed by atoms with E-state index >= 15 is 0 Å². The van der Waals surface area contributed by atoms with Gasteiger partial charge in [-0.2, -0.15) is 9.49 Å². The van der Waals surface area contributed by atoms with E-state index in [4.69, 9.17) is 9.72 Å². The van der Waals surface area contributed by atoms with Gasteiger partial charge in [0.25, 0.3) is 0 Å². The summed E-state index contributed by atoms with van der Waals surface area (Å²) in [6.45, 7) is 1.92. The zero-order valence-electron chi connectivity index (χ0n) is 19.5. The van der Waals surface area contributed by atoms with E-state index in [1.807, 2.05) is 12.1 Å². The number of piperidine rings is 1. The Balaban J connectivity index is 1.26. The second-order valence-electron chi connectivity index (χ2n) is 8.94. The lowest BCUT2D eigenvalue weighted by atomic mass is 10.1. The average molecular weight is 513 g/mol. The molecule has 0 spiro atoms. The summed E-state index contributed by atoms with van der Waals surface area (Å²) in [5.41, 5.74) is 5.29. The van der Waals surface area contributed by atoms with Crippen molar-refractivity contribution < 1.29 is 9.13 Å². The van der Waals surface area contributed by atoms with Gasteiger partial charge >= 0.3 is 0 Å². The van der Waals surface area contributed by atoms with Crippen molar-refractivity contribution in [2.24, 2.45) is 0 Å². The van der Waals surface area contributed by atoms with Gasteiger partial charge < -0.3 is 15.0 Å². The Labute approximate surface area is 214 Å². The number of aromatic nitrogens is 7. The minimum atomic E-state index is -0.249. The van der Waals surface area contributed by atoms with E-state index < -0.39 is 0 Å². The molecule has 6 aromatic rings. The van der Waals surface area contributed by atoms with Crippen molar-refractivity contribution in [2.45, 2.75) is 18.9 Å². The molecular weight excluding hydrogens is 491 g/mol. The van der Waals surface area contributed by atoms with Gasteiger partial charge in [0, 0.05) is 33.8 Å². The third kappa shape index (κ3) is 4.11. The van der Waals surface area contributed by atoms with Crippen LogP contribution in [0.2, 0.25) is 0 Å². The Morgan fingerprint density at radius 2 is 1.86 bits per heavy atom. The number of fused-ring (bicyclic) bond motifs is 2. The van der Waals surface area contributed by atoms with Crippen LogP contribution in [0.3, 0.4) is 0 Å². The normalized spacial score (nSPS) is 14.5. The molecule has 184 valence electrons. The second kappa shape index (κ2) is 9.02. The van der Waals surface area contributed by atoms with Crippen LogP contribution in [0.15, 0.2) is 55.2 Å². The minimum absolute atomic E-state index is 0.187. The van der Waals surface area contributed by atoms with E-state index in [1.54, 1.807) is 37.1 Å². The highest BCUT2D eigenvalue weighted by molar-refractivity contribution is 7.14. The molecule has 0 aromatic carbocycles. The number of H-pyrrole nitrogens is 2. The van der Waals surface area contributed by atoms with Crippen molar-refractivity contribution >= 4 is 33.3 Å². The predicted molar refractivity (Wildman–Crippen MR) is 140 cm³/mol. The van der Waals surface area contributed by atoms with E-state index in [2.05, 4.69) is 35.5 Å². The number of thiophene rings is 1. The zero-order chi connectivity index (χ0) is 24.8. The van der Waals surface area contributed by atoms with Crippen molar-refractivity contribution in [3.05, 3.63) is 60.4 Å². The molecule has 0 aliphatic carbocycles. The van der Waals surface area contributed by atoms with Gasteiger partial charge in [0.15, 0.2) is 11.0 Å². The first-order valence-electron chi connectivity index (χ1n) is 12.0. The molecule has 1 aliphatic heterocycles. The molecule has 0 radical (unpaired) electrons. The summed E-state index contributed by atoms with van der Waals surface area (Å²) in [4.78, 5) is 22.2. The first kappa shape index (κ1) is 22.0. The number of hydrogen-bond acceptors (Lipinski definition) is 8. The fraction of sp³-hybridized carbons (Fsp3) is 0.192. The quantitative estimate of drug-likeness (QED) is 0.299. The van der Waals surface area contributed by atoms with Crippen LogP contribution in [0.1, 0.15) is 12.8 Å². The highest BCUT2D eigenvalue weighted by atomic mass is 32.1. The molecule has 3 N–H and O–H groups in total. The van der Waals surface area contributed by atoms with Gasteiger partial charge in [-0.05, 0) is 50.2 Å². The summed E-state index contributed by atoms with van der Waals surface area (Å²) in [7, 11) is 0. The number of hydrogen-bond donors (Lipinski definition) is 3. The van der Waals surface area contributed by atoms with Crippen LogP contribution in [-0.2, 0) is 0 Å². The fourth-order valence-corrected chi connectivity index (χ4v) is 5.41. The number of nitrogens with zero attached hydrogens (tertiary/aromatic N) is 5. The molecule has 7 heterocycles. The molecule has 37 heavy (non-hydrogen) atoms. The zero-order valence-corrected chi connectivity index (χ0v) is 20.3. The standard InChI is InChI=1S/C26H21FN8OS/c27-23-2-1-22(37-23)18-11-30-12-21-24(18)33-26(32-21)25-17-8-19(31-13-20(17)34-35-25)14-7-16(10-29-9-14)36-15-3-5-28-6-4-15/h1-2,7-13,15,28H,3-6H2,(H,32,33)(H,34,35). The lowest BCUT2D eigenvalue weighted by molar-refractivity contribution is 0.162. The molecule has 7 rings (SSSR count). The predicted octanol–water partition coefficient (Wildman–Crippen LogP) is 4.96. The Morgan fingerprint density at radius 1 is 0.973 bits per heavy atom. The fourth-order valence-electron chi connectivity index (χ4n) is 4.67. The molecule has 9 nitrogen and oxygen atoms in total. The molecule has 0 atom stereocenters.